The third kappa shape index (κ3) is 1.50. The molecule has 1 spiro atoms. The van der Waals surface area contributed by atoms with Gasteiger partial charge in [0, 0.05) is 17.3 Å². The van der Waals surface area contributed by atoms with E-state index in [1.165, 1.54) is 30.2 Å². The highest BCUT2D eigenvalue weighted by atomic mass is 79.9. The van der Waals surface area contributed by atoms with Crippen LogP contribution in [0.25, 0.3) is 0 Å². The van der Waals surface area contributed by atoms with Gasteiger partial charge in [0.2, 0.25) is 0 Å². The molecule has 8 atom stereocenters. The fraction of sp³-hybridized carbons (Fsp3) is 0.895. The van der Waals surface area contributed by atoms with Gasteiger partial charge in [-0.2, -0.15) is 0 Å². The Balaban J connectivity index is 1.52. The molecule has 5 aliphatic rings. The van der Waals surface area contributed by atoms with Gasteiger partial charge >= 0.3 is 0 Å². The van der Waals surface area contributed by atoms with Crippen LogP contribution in [-0.4, -0.2) is 22.9 Å². The molecule has 22 heavy (non-hydrogen) atoms. The number of aliphatic hydroxyl groups excluding tert-OH is 1. The molecule has 1 N–H and O–H groups in total. The van der Waals surface area contributed by atoms with Gasteiger partial charge in [-0.3, -0.25) is 0 Å². The second-order valence-corrected chi connectivity index (χ2v) is 10.0. The maximum atomic E-state index is 10.2. The number of hydrogen-bond donors (Lipinski definition) is 1. The Bertz CT molecular complexity index is 560. The zero-order valence-corrected chi connectivity index (χ0v) is 15.2. The number of halogens is 1. The van der Waals surface area contributed by atoms with Crippen molar-refractivity contribution in [2.45, 2.75) is 76.6 Å². The molecule has 3 heteroatoms. The molecular weight excluding hydrogens is 340 g/mol. The van der Waals surface area contributed by atoms with Crippen molar-refractivity contribution >= 4 is 15.9 Å². The van der Waals surface area contributed by atoms with E-state index in [0.717, 1.165) is 37.0 Å². The van der Waals surface area contributed by atoms with E-state index in [9.17, 15) is 5.11 Å². The lowest BCUT2D eigenvalue weighted by molar-refractivity contribution is -0.103. The summed E-state index contributed by atoms with van der Waals surface area (Å²) in [4.78, 5) is 0. The molecule has 0 amide bonds. The van der Waals surface area contributed by atoms with Crippen molar-refractivity contribution < 1.29 is 9.84 Å². The van der Waals surface area contributed by atoms with E-state index in [1.54, 1.807) is 0 Å². The highest BCUT2D eigenvalue weighted by Crippen LogP contribution is 2.73. The summed E-state index contributed by atoms with van der Waals surface area (Å²) in [5, 5.41) is 10.2. The number of allylic oxidation sites excluding steroid dienone is 2. The number of epoxide rings is 1. The summed E-state index contributed by atoms with van der Waals surface area (Å²) >= 11 is 3.86. The molecule has 0 aromatic heterocycles. The molecule has 5 rings (SSSR count). The van der Waals surface area contributed by atoms with Gasteiger partial charge in [-0.1, -0.05) is 35.9 Å². The van der Waals surface area contributed by atoms with Gasteiger partial charge in [0.1, 0.15) is 5.60 Å². The van der Waals surface area contributed by atoms with Gasteiger partial charge in [0.25, 0.3) is 0 Å². The molecule has 3 unspecified atom stereocenters. The third-order valence-electron chi connectivity index (χ3n) is 8.55. The molecular formula is C19H27BrO2. The first-order valence-electron chi connectivity index (χ1n) is 9.13. The highest BCUT2D eigenvalue weighted by Gasteiger charge is 2.75. The predicted molar refractivity (Wildman–Crippen MR) is 89.6 cm³/mol. The van der Waals surface area contributed by atoms with Gasteiger partial charge in [-0.05, 0) is 60.8 Å². The third-order valence-corrected chi connectivity index (χ3v) is 9.78. The average Bonchev–Trinajstić information content (AvgIpc) is 3.08. The minimum Gasteiger partial charge on any atom is -0.393 e. The van der Waals surface area contributed by atoms with E-state index < -0.39 is 0 Å². The Labute approximate surface area is 141 Å². The summed E-state index contributed by atoms with van der Waals surface area (Å²) in [5.41, 5.74) is 0.708. The minimum absolute atomic E-state index is 0.0306. The fourth-order valence-corrected chi connectivity index (χ4v) is 7.85. The van der Waals surface area contributed by atoms with Crippen LogP contribution in [0.5, 0.6) is 0 Å². The van der Waals surface area contributed by atoms with E-state index in [1.807, 2.05) is 0 Å². The monoisotopic (exact) mass is 366 g/mol. The van der Waals surface area contributed by atoms with E-state index in [0.29, 0.717) is 16.9 Å². The van der Waals surface area contributed by atoms with Crippen LogP contribution in [0, 0.1) is 28.6 Å². The Morgan fingerprint density at radius 2 is 2.05 bits per heavy atom. The summed E-state index contributed by atoms with van der Waals surface area (Å²) in [6, 6.07) is 0. The first kappa shape index (κ1) is 14.5. The van der Waals surface area contributed by atoms with E-state index in [4.69, 9.17) is 4.74 Å². The largest absolute Gasteiger partial charge is 0.393 e. The summed E-state index contributed by atoms with van der Waals surface area (Å²) < 4.78 is 7.81. The number of aliphatic hydroxyl groups is 1. The molecule has 122 valence electrons. The van der Waals surface area contributed by atoms with E-state index >= 15 is 0 Å². The first-order valence-corrected chi connectivity index (χ1v) is 9.92. The van der Waals surface area contributed by atoms with Gasteiger partial charge in [-0.25, -0.2) is 0 Å². The smallest absolute Gasteiger partial charge is 0.103 e. The molecule has 1 heterocycles. The minimum atomic E-state index is -0.134. The molecule has 0 aromatic rings. The second-order valence-electron chi connectivity index (χ2n) is 9.17. The summed E-state index contributed by atoms with van der Waals surface area (Å²) in [7, 11) is 0. The number of fused-ring (bicyclic) bond motifs is 4. The van der Waals surface area contributed by atoms with Crippen LogP contribution in [0.3, 0.4) is 0 Å². The zero-order valence-electron chi connectivity index (χ0n) is 13.6. The van der Waals surface area contributed by atoms with Gasteiger partial charge < -0.3 is 9.84 Å². The molecule has 1 aliphatic heterocycles. The van der Waals surface area contributed by atoms with Crippen molar-refractivity contribution in [2.75, 3.05) is 0 Å². The predicted octanol–water partition coefficient (Wildman–Crippen LogP) is 4.41. The second kappa shape index (κ2) is 4.21. The van der Waals surface area contributed by atoms with Crippen LogP contribution in [0.15, 0.2) is 10.6 Å². The zero-order chi connectivity index (χ0) is 15.3. The quantitative estimate of drug-likeness (QED) is 0.644. The molecule has 0 bridgehead atoms. The van der Waals surface area contributed by atoms with Crippen LogP contribution < -0.4 is 0 Å². The first-order chi connectivity index (χ1) is 10.4. The lowest BCUT2D eigenvalue weighted by Crippen LogP contribution is -2.58. The molecule has 2 nitrogen and oxygen atoms in total. The van der Waals surface area contributed by atoms with Crippen molar-refractivity contribution in [1.29, 1.82) is 0 Å². The molecule has 3 saturated carbocycles. The van der Waals surface area contributed by atoms with Crippen molar-refractivity contribution in [3.8, 4) is 0 Å². The average molecular weight is 367 g/mol. The fourth-order valence-electron chi connectivity index (χ4n) is 7.17. The normalized spacial score (nSPS) is 62.4. The molecule has 0 radical (unpaired) electrons. The van der Waals surface area contributed by atoms with Gasteiger partial charge in [0.15, 0.2) is 0 Å². The SMILES string of the molecule is C[C@]12CCC3C(C[C@H]4O[C@]45C[C@@H](O)CC[C@]35C)C1CC=C2Br. The van der Waals surface area contributed by atoms with E-state index in [-0.39, 0.29) is 11.7 Å². The highest BCUT2D eigenvalue weighted by molar-refractivity contribution is 9.11. The van der Waals surface area contributed by atoms with Crippen LogP contribution >= 0.6 is 15.9 Å². The topological polar surface area (TPSA) is 32.8 Å². The van der Waals surface area contributed by atoms with Gasteiger partial charge in [-0.15, -0.1) is 0 Å². The van der Waals surface area contributed by atoms with Crippen molar-refractivity contribution in [2.24, 2.45) is 28.6 Å². The Hall–Kier alpha value is 0.140. The van der Waals surface area contributed by atoms with Crippen LogP contribution in [0.2, 0.25) is 0 Å². The molecule has 4 aliphatic carbocycles. The lowest BCUT2D eigenvalue weighted by atomic mass is 9.45. The lowest BCUT2D eigenvalue weighted by Gasteiger charge is -2.58. The Kier molecular flexibility index (Phi) is 2.77. The summed E-state index contributed by atoms with van der Waals surface area (Å²) in [6.07, 6.45) is 10.9. The number of rotatable bonds is 0. The van der Waals surface area contributed by atoms with Crippen molar-refractivity contribution in [3.63, 3.8) is 0 Å². The molecule has 1 saturated heterocycles. The van der Waals surface area contributed by atoms with Gasteiger partial charge in [0.05, 0.1) is 12.2 Å². The van der Waals surface area contributed by atoms with E-state index in [2.05, 4.69) is 35.9 Å². The number of ether oxygens (including phenoxy) is 1. The summed E-state index contributed by atoms with van der Waals surface area (Å²) in [5.74, 6) is 2.40. The summed E-state index contributed by atoms with van der Waals surface area (Å²) in [6.45, 7) is 4.97. The van der Waals surface area contributed by atoms with Crippen molar-refractivity contribution in [1.82, 2.24) is 0 Å². The van der Waals surface area contributed by atoms with Crippen LogP contribution in [0.4, 0.5) is 0 Å². The maximum Gasteiger partial charge on any atom is 0.103 e. The molecule has 4 fully saturated rings. The van der Waals surface area contributed by atoms with Crippen LogP contribution in [0.1, 0.15) is 58.8 Å². The Morgan fingerprint density at radius 3 is 2.86 bits per heavy atom. The Morgan fingerprint density at radius 1 is 1.23 bits per heavy atom. The maximum absolute atomic E-state index is 10.2. The standard InChI is InChI=1S/C19H27BrO2/c1-17-7-6-14-12(13(17)3-4-15(17)20)9-16-19(22-16)10-11(21)5-8-18(14,19)2/h4,11-14,16,21H,3,5-10H2,1-2H3/t11-,12?,13?,14?,16+,17-,18+,19+/m0/s1. The number of hydrogen-bond acceptors (Lipinski definition) is 2. The molecule has 0 aromatic carbocycles. The van der Waals surface area contributed by atoms with Crippen LogP contribution in [-0.2, 0) is 4.74 Å². The van der Waals surface area contributed by atoms with Crippen molar-refractivity contribution in [3.05, 3.63) is 10.6 Å².